The molecule has 1 amide bonds. The number of anilines is 1. The van der Waals surface area contributed by atoms with E-state index in [-0.39, 0.29) is 28.9 Å². The number of aliphatic hydroxyl groups is 1. The van der Waals surface area contributed by atoms with Crippen LogP contribution < -0.4 is 25.2 Å². The van der Waals surface area contributed by atoms with Gasteiger partial charge in [0, 0.05) is 29.8 Å². The minimum absolute atomic E-state index is 0.0981. The van der Waals surface area contributed by atoms with Crippen molar-refractivity contribution in [3.05, 3.63) is 53.2 Å². The van der Waals surface area contributed by atoms with Gasteiger partial charge in [-0.1, -0.05) is 11.6 Å². The standard InChI is InChI=1S/C24H25ClN4O7P.Al/c1-33-22-13-19-16(12-17(22)23(26)30)21(7-8-27-19)36-15-5-6-20(18(25)11-15)29(24(31)28-14-3-4-14)37(32)34-9-2-10-35-37;/h5-9,11-14,24,28,31H,2-4,10H2,1H3,(H2,26,30);. The summed E-state index contributed by atoms with van der Waals surface area (Å²) in [7, 11) is -2.50. The Morgan fingerprint density at radius 3 is 2.74 bits per heavy atom. The number of nitrogens with zero attached hydrogens (tertiary/aromatic N) is 2. The predicted molar refractivity (Wildman–Crippen MR) is 142 cm³/mol. The number of nitrogens with one attached hydrogen (secondary N) is 1. The van der Waals surface area contributed by atoms with Crippen LogP contribution in [0.5, 0.6) is 17.2 Å². The highest BCUT2D eigenvalue weighted by Crippen LogP contribution is 2.59. The summed E-state index contributed by atoms with van der Waals surface area (Å²) in [5.74, 6) is 0.392. The first-order chi connectivity index (χ1) is 18.2. The third-order valence-corrected chi connectivity index (χ3v) is 9.07. The monoisotopic (exact) mass is 574 g/mol. The maximum absolute atomic E-state index is 13.7. The normalized spacial score (nSPS) is 22.1. The van der Waals surface area contributed by atoms with E-state index < -0.39 is 25.0 Å². The number of amides is 1. The van der Waals surface area contributed by atoms with Gasteiger partial charge in [0.25, 0.3) is 5.91 Å². The van der Waals surface area contributed by atoms with Crippen molar-refractivity contribution >= 4 is 58.1 Å². The van der Waals surface area contributed by atoms with Gasteiger partial charge in [-0.15, -0.1) is 0 Å². The molecule has 198 valence electrons. The number of benzene rings is 2. The minimum Gasteiger partial charge on any atom is -0.496 e. The SMILES string of the molecule is COc1cc2nccc(Oc3ccc(N(C(O)NC4CC4)P4(=O)OCC[CH]([Al])O4)c(Cl)c3)c2cc1C(N)=O. The number of aromatic nitrogens is 1. The van der Waals surface area contributed by atoms with E-state index in [9.17, 15) is 14.5 Å². The van der Waals surface area contributed by atoms with Gasteiger partial charge < -0.3 is 24.8 Å². The Labute approximate surface area is 232 Å². The van der Waals surface area contributed by atoms with Crippen molar-refractivity contribution in [2.75, 3.05) is 18.4 Å². The maximum Gasteiger partial charge on any atom is 0.437 e. The molecule has 0 bridgehead atoms. The van der Waals surface area contributed by atoms with Crippen molar-refractivity contribution in [1.29, 1.82) is 0 Å². The minimum atomic E-state index is -3.94. The number of fused-ring (bicyclic) bond motifs is 1. The molecule has 3 aromatic rings. The molecule has 1 aromatic heterocycles. The van der Waals surface area contributed by atoms with Crippen LogP contribution in [0.15, 0.2) is 42.6 Å². The van der Waals surface area contributed by atoms with E-state index in [0.717, 1.165) is 17.5 Å². The molecule has 3 atom stereocenters. The van der Waals surface area contributed by atoms with Crippen LogP contribution in [-0.4, -0.2) is 63.4 Å². The van der Waals surface area contributed by atoms with Crippen LogP contribution in [0.2, 0.25) is 5.02 Å². The molecular formula is C24H25AlClN4O7P. The summed E-state index contributed by atoms with van der Waals surface area (Å²) in [6, 6.07) is 9.59. The van der Waals surface area contributed by atoms with Gasteiger partial charge >= 0.3 is 7.75 Å². The fourth-order valence-corrected chi connectivity index (χ4v) is 6.80. The first-order valence-corrected chi connectivity index (χ1v) is 14.4. The zero-order valence-electron chi connectivity index (χ0n) is 20.4. The highest BCUT2D eigenvalue weighted by molar-refractivity contribution is 7.55. The molecule has 4 N–H and O–H groups in total. The zero-order chi connectivity index (χ0) is 27.0. The van der Waals surface area contributed by atoms with Crippen LogP contribution in [0.25, 0.3) is 10.9 Å². The van der Waals surface area contributed by atoms with Crippen LogP contribution in [0.1, 0.15) is 29.6 Å². The van der Waals surface area contributed by atoms with E-state index in [1.807, 2.05) is 0 Å². The predicted octanol–water partition coefficient (Wildman–Crippen LogP) is 3.66. The molecule has 1 aliphatic carbocycles. The second-order valence-electron chi connectivity index (χ2n) is 8.85. The summed E-state index contributed by atoms with van der Waals surface area (Å²) in [6.07, 6.45) is 2.53. The van der Waals surface area contributed by atoms with Gasteiger partial charge in [-0.25, -0.2) is 9.24 Å². The summed E-state index contributed by atoms with van der Waals surface area (Å²) < 4.78 is 37.5. The summed E-state index contributed by atoms with van der Waals surface area (Å²) in [4.78, 5) is 15.8. The van der Waals surface area contributed by atoms with E-state index in [1.54, 1.807) is 36.5 Å². The quantitative estimate of drug-likeness (QED) is 0.197. The number of carbonyl (C=O) groups is 1. The first-order valence-electron chi connectivity index (χ1n) is 11.8. The molecule has 2 radical (unpaired) electrons. The fourth-order valence-electron chi connectivity index (χ4n) is 4.04. The Morgan fingerprint density at radius 1 is 1.29 bits per heavy atom. The topological polar surface area (TPSA) is 145 Å². The summed E-state index contributed by atoms with van der Waals surface area (Å²) >= 11 is 9.12. The van der Waals surface area contributed by atoms with Crippen LogP contribution in [0.3, 0.4) is 0 Å². The smallest absolute Gasteiger partial charge is 0.437 e. The van der Waals surface area contributed by atoms with E-state index in [2.05, 4.69) is 26.6 Å². The molecule has 2 heterocycles. The van der Waals surface area contributed by atoms with Gasteiger partial charge in [0.15, 0.2) is 22.6 Å². The van der Waals surface area contributed by atoms with Gasteiger partial charge in [0.1, 0.15) is 17.2 Å². The first kappa shape index (κ1) is 27.2. The molecule has 2 aliphatic rings. The number of ether oxygens (including phenoxy) is 2. The summed E-state index contributed by atoms with van der Waals surface area (Å²) in [5.41, 5.74) is 6.47. The second-order valence-corrected chi connectivity index (χ2v) is 11.8. The number of aliphatic hydroxyl groups excluding tert-OH is 1. The third kappa shape index (κ3) is 5.64. The van der Waals surface area contributed by atoms with Gasteiger partial charge in [-0.3, -0.25) is 19.6 Å². The Hall–Kier alpha value is -2.39. The van der Waals surface area contributed by atoms with Crippen molar-refractivity contribution in [3.63, 3.8) is 0 Å². The van der Waals surface area contributed by atoms with E-state index in [4.69, 9.17) is 35.9 Å². The third-order valence-electron chi connectivity index (χ3n) is 6.07. The van der Waals surface area contributed by atoms with Gasteiger partial charge in [0.05, 0.1) is 35.5 Å². The molecule has 1 saturated carbocycles. The average molecular weight is 575 g/mol. The lowest BCUT2D eigenvalue weighted by Crippen LogP contribution is -2.47. The number of halogens is 1. The van der Waals surface area contributed by atoms with Crippen LogP contribution in [0, 0.1) is 0 Å². The van der Waals surface area contributed by atoms with Crippen molar-refractivity contribution in [3.8, 4) is 17.2 Å². The van der Waals surface area contributed by atoms with Crippen molar-refractivity contribution in [2.45, 2.75) is 36.6 Å². The van der Waals surface area contributed by atoms with E-state index in [1.165, 1.54) is 13.2 Å². The Kier molecular flexibility index (Phi) is 7.87. The molecule has 2 fully saturated rings. The molecule has 3 unspecified atom stereocenters. The maximum atomic E-state index is 13.7. The van der Waals surface area contributed by atoms with Crippen molar-refractivity contribution < 1.29 is 33.0 Å². The van der Waals surface area contributed by atoms with Gasteiger partial charge in [-0.05, 0) is 48.5 Å². The molecule has 38 heavy (non-hydrogen) atoms. The van der Waals surface area contributed by atoms with Crippen LogP contribution >= 0.6 is 19.3 Å². The van der Waals surface area contributed by atoms with E-state index >= 15 is 0 Å². The number of hydrogen-bond donors (Lipinski definition) is 3. The number of carbonyl (C=O) groups excluding carboxylic acids is 1. The Morgan fingerprint density at radius 2 is 2.08 bits per heavy atom. The van der Waals surface area contributed by atoms with Crippen LogP contribution in [0.4, 0.5) is 5.69 Å². The number of hydrogen-bond acceptors (Lipinski definition) is 9. The van der Waals surface area contributed by atoms with Crippen molar-refractivity contribution in [1.82, 2.24) is 10.3 Å². The van der Waals surface area contributed by atoms with Gasteiger partial charge in [0.2, 0.25) is 0 Å². The average Bonchev–Trinajstić information content (AvgIpc) is 3.68. The second kappa shape index (κ2) is 11.0. The highest BCUT2D eigenvalue weighted by atomic mass is 35.5. The molecule has 1 aliphatic heterocycles. The molecule has 0 spiro atoms. The number of primary amides is 1. The number of methoxy groups -OCH3 is 1. The lowest BCUT2D eigenvalue weighted by molar-refractivity contribution is 0.0947. The fraction of sp³-hybridized carbons (Fsp3) is 0.333. The lowest BCUT2D eigenvalue weighted by atomic mass is 10.1. The summed E-state index contributed by atoms with van der Waals surface area (Å²) in [6.45, 7) is 0.199. The van der Waals surface area contributed by atoms with Crippen LogP contribution in [-0.2, 0) is 13.6 Å². The lowest BCUT2D eigenvalue weighted by Gasteiger charge is -2.39. The summed E-state index contributed by atoms with van der Waals surface area (Å²) in [5, 5.41) is 14.7. The number of rotatable bonds is 9. The molecular weight excluding hydrogens is 550 g/mol. The van der Waals surface area contributed by atoms with Gasteiger partial charge in [-0.2, -0.15) is 0 Å². The molecule has 2 aromatic carbocycles. The number of nitrogens with two attached hydrogens (primary N) is 1. The van der Waals surface area contributed by atoms with Crippen molar-refractivity contribution in [2.24, 2.45) is 5.73 Å². The highest BCUT2D eigenvalue weighted by Gasteiger charge is 2.44. The molecule has 5 rings (SSSR count). The van der Waals surface area contributed by atoms with E-state index in [0.29, 0.717) is 34.6 Å². The Balaban J connectivity index is 1.48. The molecule has 1 saturated heterocycles. The molecule has 14 heteroatoms. The Bertz CT molecular complexity index is 1430. The molecule has 11 nitrogen and oxygen atoms in total. The largest absolute Gasteiger partial charge is 0.496 e. The zero-order valence-corrected chi connectivity index (χ0v) is 23.2. The number of pyridine rings is 1.